The molecule has 1 fully saturated rings. The van der Waals surface area contributed by atoms with E-state index in [4.69, 9.17) is 13.9 Å². The maximum absolute atomic E-state index is 5.95. The van der Waals surface area contributed by atoms with Crippen LogP contribution in [0.25, 0.3) is 11.1 Å². The van der Waals surface area contributed by atoms with Gasteiger partial charge in [0, 0.05) is 31.9 Å². The Bertz CT molecular complexity index is 837. The van der Waals surface area contributed by atoms with Gasteiger partial charge in [-0.2, -0.15) is 4.98 Å². The second-order valence-electron chi connectivity index (χ2n) is 5.88. The summed E-state index contributed by atoms with van der Waals surface area (Å²) in [7, 11) is 1.64. The van der Waals surface area contributed by atoms with Crippen molar-refractivity contribution in [3.05, 3.63) is 42.7 Å². The number of pyridine rings is 1. The van der Waals surface area contributed by atoms with Crippen molar-refractivity contribution >= 4 is 17.1 Å². The first-order valence-corrected chi connectivity index (χ1v) is 8.28. The van der Waals surface area contributed by atoms with Crippen LogP contribution < -0.4 is 19.7 Å². The number of hydrogen-bond acceptors (Lipinski definition) is 7. The molecule has 0 saturated carbocycles. The summed E-state index contributed by atoms with van der Waals surface area (Å²) in [5.74, 6) is 1.53. The molecule has 4 rings (SSSR count). The van der Waals surface area contributed by atoms with Crippen molar-refractivity contribution in [3.8, 4) is 11.5 Å². The number of anilines is 1. The number of hydrogen-bond donors (Lipinski definition) is 1. The van der Waals surface area contributed by atoms with E-state index in [1.165, 1.54) is 0 Å². The molecule has 0 spiro atoms. The minimum absolute atomic E-state index is 0.129. The fourth-order valence-corrected chi connectivity index (χ4v) is 2.93. The average molecular weight is 340 g/mol. The number of aromatic nitrogens is 2. The first-order chi connectivity index (χ1) is 12.3. The fraction of sp³-hybridized carbons (Fsp3) is 0.333. The number of nitrogens with zero attached hydrogens (tertiary/aromatic N) is 3. The normalized spacial score (nSPS) is 17.6. The van der Waals surface area contributed by atoms with Crippen molar-refractivity contribution in [2.24, 2.45) is 0 Å². The Kier molecular flexibility index (Phi) is 4.39. The van der Waals surface area contributed by atoms with Crippen LogP contribution in [0.5, 0.6) is 11.5 Å². The summed E-state index contributed by atoms with van der Waals surface area (Å²) in [6.07, 6.45) is 3.44. The Hall–Kier alpha value is -2.80. The first-order valence-electron chi connectivity index (χ1n) is 8.28. The molecule has 0 amide bonds. The number of benzene rings is 1. The zero-order valence-corrected chi connectivity index (χ0v) is 14.0. The van der Waals surface area contributed by atoms with Gasteiger partial charge in [0.05, 0.1) is 19.3 Å². The van der Waals surface area contributed by atoms with Crippen molar-refractivity contribution in [3.63, 3.8) is 0 Å². The van der Waals surface area contributed by atoms with E-state index in [9.17, 15) is 0 Å². The lowest BCUT2D eigenvalue weighted by atomic mass is 10.2. The molecular formula is C18H20N4O3. The molecule has 1 aliphatic heterocycles. The van der Waals surface area contributed by atoms with Crippen LogP contribution in [0.15, 0.2) is 47.1 Å². The highest BCUT2D eigenvalue weighted by Gasteiger charge is 2.27. The van der Waals surface area contributed by atoms with Crippen LogP contribution >= 0.6 is 0 Å². The standard InChI is InChI=1S/C18H20N4O3/c1-23-14-4-5-17-16(9-14)21-18(25-17)22-8-7-20-10-13(22)12-24-15-3-2-6-19-11-15/h2-6,9,11,13,20H,7-8,10,12H2,1H3. The summed E-state index contributed by atoms with van der Waals surface area (Å²) in [4.78, 5) is 10.9. The highest BCUT2D eigenvalue weighted by atomic mass is 16.5. The van der Waals surface area contributed by atoms with E-state index in [1.54, 1.807) is 19.5 Å². The maximum Gasteiger partial charge on any atom is 0.298 e. The molecule has 0 radical (unpaired) electrons. The molecule has 1 aromatic carbocycles. The number of methoxy groups -OCH3 is 1. The van der Waals surface area contributed by atoms with Gasteiger partial charge < -0.3 is 24.1 Å². The zero-order chi connectivity index (χ0) is 17.1. The molecule has 1 atom stereocenters. The molecule has 130 valence electrons. The van der Waals surface area contributed by atoms with Crippen molar-refractivity contribution in [1.82, 2.24) is 15.3 Å². The third-order valence-corrected chi connectivity index (χ3v) is 4.26. The van der Waals surface area contributed by atoms with Crippen LogP contribution in [-0.2, 0) is 0 Å². The smallest absolute Gasteiger partial charge is 0.298 e. The van der Waals surface area contributed by atoms with Crippen LogP contribution in [-0.4, -0.2) is 49.4 Å². The van der Waals surface area contributed by atoms with Crippen LogP contribution in [0.1, 0.15) is 0 Å². The third kappa shape index (κ3) is 3.36. The molecule has 3 aromatic rings. The predicted molar refractivity (Wildman–Crippen MR) is 94.3 cm³/mol. The van der Waals surface area contributed by atoms with E-state index < -0.39 is 0 Å². The van der Waals surface area contributed by atoms with E-state index >= 15 is 0 Å². The molecule has 0 aliphatic carbocycles. The molecule has 1 N–H and O–H groups in total. The lowest BCUT2D eigenvalue weighted by molar-refractivity contribution is 0.261. The lowest BCUT2D eigenvalue weighted by Gasteiger charge is -2.34. The summed E-state index contributed by atoms with van der Waals surface area (Å²) in [5, 5.41) is 3.40. The predicted octanol–water partition coefficient (Wildman–Crippen LogP) is 2.09. The highest BCUT2D eigenvalue weighted by Crippen LogP contribution is 2.27. The van der Waals surface area contributed by atoms with Crippen molar-refractivity contribution in [2.75, 3.05) is 38.3 Å². The average Bonchev–Trinajstić information content (AvgIpc) is 3.10. The maximum atomic E-state index is 5.95. The zero-order valence-electron chi connectivity index (χ0n) is 14.0. The minimum Gasteiger partial charge on any atom is -0.497 e. The van der Waals surface area contributed by atoms with Crippen molar-refractivity contribution in [2.45, 2.75) is 6.04 Å². The summed E-state index contributed by atoms with van der Waals surface area (Å²) < 4.78 is 17.1. The summed E-state index contributed by atoms with van der Waals surface area (Å²) in [5.41, 5.74) is 1.54. The highest BCUT2D eigenvalue weighted by molar-refractivity contribution is 5.76. The monoisotopic (exact) mass is 340 g/mol. The van der Waals surface area contributed by atoms with Gasteiger partial charge in [0.2, 0.25) is 0 Å². The summed E-state index contributed by atoms with van der Waals surface area (Å²) in [6, 6.07) is 10.1. The number of fused-ring (bicyclic) bond motifs is 1. The molecule has 25 heavy (non-hydrogen) atoms. The van der Waals surface area contributed by atoms with Crippen molar-refractivity contribution in [1.29, 1.82) is 0 Å². The third-order valence-electron chi connectivity index (χ3n) is 4.26. The molecule has 1 saturated heterocycles. The second kappa shape index (κ2) is 6.98. The van der Waals surface area contributed by atoms with E-state index in [2.05, 4.69) is 20.2 Å². The second-order valence-corrected chi connectivity index (χ2v) is 5.88. The summed E-state index contributed by atoms with van der Waals surface area (Å²) >= 11 is 0. The van der Waals surface area contributed by atoms with E-state index in [0.29, 0.717) is 12.6 Å². The van der Waals surface area contributed by atoms with Gasteiger partial charge in [0.15, 0.2) is 5.58 Å². The van der Waals surface area contributed by atoms with Gasteiger partial charge in [-0.25, -0.2) is 0 Å². The number of rotatable bonds is 5. The number of oxazole rings is 1. The number of nitrogens with one attached hydrogen (secondary N) is 1. The van der Waals surface area contributed by atoms with Gasteiger partial charge >= 0.3 is 0 Å². The Morgan fingerprint density at radius 3 is 3.12 bits per heavy atom. The Morgan fingerprint density at radius 2 is 2.28 bits per heavy atom. The lowest BCUT2D eigenvalue weighted by Crippen LogP contribution is -2.54. The molecule has 1 unspecified atom stereocenters. The quantitative estimate of drug-likeness (QED) is 0.762. The Balaban J connectivity index is 1.54. The van der Waals surface area contributed by atoms with Crippen LogP contribution in [0.4, 0.5) is 6.01 Å². The summed E-state index contributed by atoms with van der Waals surface area (Å²) in [6.45, 7) is 3.03. The SMILES string of the molecule is COc1ccc2oc(N3CCNCC3COc3cccnc3)nc2c1. The molecular weight excluding hydrogens is 320 g/mol. The number of ether oxygens (including phenoxy) is 2. The van der Waals surface area contributed by atoms with Gasteiger partial charge in [-0.1, -0.05) is 0 Å². The van der Waals surface area contributed by atoms with Gasteiger partial charge in [0.25, 0.3) is 6.01 Å². The van der Waals surface area contributed by atoms with Crippen LogP contribution in [0.2, 0.25) is 0 Å². The van der Waals surface area contributed by atoms with Crippen LogP contribution in [0, 0.1) is 0 Å². The Labute approximate surface area is 145 Å². The molecule has 2 aromatic heterocycles. The first kappa shape index (κ1) is 15.7. The number of piperazine rings is 1. The van der Waals surface area contributed by atoms with E-state index in [-0.39, 0.29) is 6.04 Å². The molecule has 1 aliphatic rings. The molecule has 3 heterocycles. The Morgan fingerprint density at radius 1 is 1.32 bits per heavy atom. The van der Waals surface area contributed by atoms with Gasteiger partial charge in [-0.05, 0) is 24.3 Å². The molecule has 0 bridgehead atoms. The van der Waals surface area contributed by atoms with E-state index in [1.807, 2.05) is 30.3 Å². The largest absolute Gasteiger partial charge is 0.497 e. The van der Waals surface area contributed by atoms with Gasteiger partial charge in [-0.3, -0.25) is 4.98 Å². The van der Waals surface area contributed by atoms with Gasteiger partial charge in [-0.15, -0.1) is 0 Å². The molecule has 7 heteroatoms. The van der Waals surface area contributed by atoms with Crippen molar-refractivity contribution < 1.29 is 13.9 Å². The fourth-order valence-electron chi connectivity index (χ4n) is 2.93. The van der Waals surface area contributed by atoms with Crippen LogP contribution in [0.3, 0.4) is 0 Å². The van der Waals surface area contributed by atoms with Gasteiger partial charge in [0.1, 0.15) is 23.6 Å². The minimum atomic E-state index is 0.129. The topological polar surface area (TPSA) is 72.7 Å². The molecule has 7 nitrogen and oxygen atoms in total. The van der Waals surface area contributed by atoms with E-state index in [0.717, 1.165) is 42.2 Å².